The minimum absolute atomic E-state index is 0.0539. The molecule has 0 bridgehead atoms. The summed E-state index contributed by atoms with van der Waals surface area (Å²) in [7, 11) is 0. The molecule has 0 N–H and O–H groups in total. The van der Waals surface area contributed by atoms with Crippen molar-refractivity contribution in [1.82, 2.24) is 0 Å². The maximum atomic E-state index is 13.0. The van der Waals surface area contributed by atoms with Crippen molar-refractivity contribution in [2.24, 2.45) is 0 Å². The second-order valence-electron chi connectivity index (χ2n) is 5.47. The van der Waals surface area contributed by atoms with Gasteiger partial charge >= 0.3 is 0 Å². The van der Waals surface area contributed by atoms with Crippen molar-refractivity contribution >= 4 is 35.2 Å². The molecule has 3 rings (SSSR count). The molecular formula is C20H13ClN2O2. The molecular weight excluding hydrogens is 336 g/mol. The first-order valence-electron chi connectivity index (χ1n) is 7.56. The smallest absolute Gasteiger partial charge is 0.268 e. The van der Waals surface area contributed by atoms with Crippen molar-refractivity contribution in [2.45, 2.75) is 6.92 Å². The van der Waals surface area contributed by atoms with E-state index in [4.69, 9.17) is 11.6 Å². The number of carbonyl (C=O) groups excluding carboxylic acids is 2. The highest BCUT2D eigenvalue weighted by molar-refractivity contribution is 6.34. The van der Waals surface area contributed by atoms with Crippen LogP contribution in [0.15, 0.2) is 71.3 Å². The Hall–Kier alpha value is -3.16. The number of amides is 2. The lowest BCUT2D eigenvalue weighted by Crippen LogP contribution is -2.42. The Morgan fingerprint density at radius 2 is 1.64 bits per heavy atom. The first-order chi connectivity index (χ1) is 12.0. The molecule has 25 heavy (non-hydrogen) atoms. The zero-order valence-corrected chi connectivity index (χ0v) is 14.1. The second kappa shape index (κ2) is 6.76. The maximum Gasteiger partial charge on any atom is 0.276 e. The maximum absolute atomic E-state index is 13.0. The zero-order valence-electron chi connectivity index (χ0n) is 13.4. The zero-order chi connectivity index (χ0) is 18.0. The molecule has 0 saturated carbocycles. The van der Waals surface area contributed by atoms with Crippen molar-refractivity contribution in [3.63, 3.8) is 0 Å². The Kier molecular flexibility index (Phi) is 4.51. The fraction of sp³-hybridized carbons (Fsp3) is 0.0500. The van der Waals surface area contributed by atoms with Gasteiger partial charge in [0.1, 0.15) is 11.6 Å². The summed E-state index contributed by atoms with van der Waals surface area (Å²) < 4.78 is 0. The highest BCUT2D eigenvalue weighted by Gasteiger charge is 2.36. The molecule has 0 aromatic heterocycles. The van der Waals surface area contributed by atoms with E-state index in [2.05, 4.69) is 0 Å². The number of carbonyl (C=O) groups is 2. The number of benzene rings is 2. The second-order valence-corrected chi connectivity index (χ2v) is 5.88. The molecule has 1 aliphatic heterocycles. The summed E-state index contributed by atoms with van der Waals surface area (Å²) in [5, 5.41) is 9.88. The van der Waals surface area contributed by atoms with Crippen LogP contribution in [-0.4, -0.2) is 11.8 Å². The fourth-order valence-electron chi connectivity index (χ4n) is 2.64. The number of imide groups is 1. The van der Waals surface area contributed by atoms with E-state index >= 15 is 0 Å². The van der Waals surface area contributed by atoms with Gasteiger partial charge in [0.25, 0.3) is 11.8 Å². The standard InChI is InChI=1S/C20H13ClN2O2/c1-13-16(11-14-7-5-6-10-18(14)21)19(24)23(20(25)17(13)12-22)15-8-3-2-4-9-15/h2-11H,1H3/b16-11+. The number of nitrogens with zero attached hydrogens (tertiary/aromatic N) is 2. The van der Waals surface area contributed by atoms with E-state index in [1.54, 1.807) is 67.6 Å². The van der Waals surface area contributed by atoms with E-state index in [1.807, 2.05) is 6.07 Å². The third-order valence-corrected chi connectivity index (χ3v) is 4.30. The van der Waals surface area contributed by atoms with Crippen molar-refractivity contribution in [2.75, 3.05) is 4.90 Å². The van der Waals surface area contributed by atoms with E-state index in [9.17, 15) is 14.9 Å². The van der Waals surface area contributed by atoms with Gasteiger partial charge in [-0.05, 0) is 42.3 Å². The molecule has 0 fully saturated rings. The number of hydrogen-bond donors (Lipinski definition) is 0. The van der Waals surface area contributed by atoms with Crippen LogP contribution in [0.25, 0.3) is 6.08 Å². The third kappa shape index (κ3) is 2.98. The van der Waals surface area contributed by atoms with Crippen LogP contribution in [0.4, 0.5) is 5.69 Å². The van der Waals surface area contributed by atoms with Gasteiger partial charge in [0.05, 0.1) is 5.69 Å². The SMILES string of the molecule is CC1=C(C#N)C(=O)N(c2ccccc2)C(=O)/C1=C/c1ccccc1Cl. The van der Waals surface area contributed by atoms with E-state index in [0.717, 1.165) is 4.90 Å². The molecule has 5 heteroatoms. The first kappa shape index (κ1) is 16.7. The van der Waals surface area contributed by atoms with Crippen LogP contribution < -0.4 is 4.90 Å². The molecule has 0 radical (unpaired) electrons. The number of hydrogen-bond acceptors (Lipinski definition) is 3. The van der Waals surface area contributed by atoms with Crippen LogP contribution in [0.3, 0.4) is 0 Å². The fourth-order valence-corrected chi connectivity index (χ4v) is 2.83. The lowest BCUT2D eigenvalue weighted by atomic mass is 9.93. The Morgan fingerprint density at radius 1 is 1.00 bits per heavy atom. The molecule has 0 aliphatic carbocycles. The van der Waals surface area contributed by atoms with Gasteiger partial charge in [-0.1, -0.05) is 48.0 Å². The van der Waals surface area contributed by atoms with Crippen LogP contribution in [0.2, 0.25) is 5.02 Å². The average Bonchev–Trinajstić information content (AvgIpc) is 2.61. The van der Waals surface area contributed by atoms with Crippen LogP contribution >= 0.6 is 11.6 Å². The Balaban J connectivity index is 2.20. The van der Waals surface area contributed by atoms with Crippen LogP contribution in [0.5, 0.6) is 0 Å². The monoisotopic (exact) mass is 348 g/mol. The van der Waals surface area contributed by atoms with Crippen LogP contribution in [0, 0.1) is 11.3 Å². The predicted octanol–water partition coefficient (Wildman–Crippen LogP) is 4.14. The third-order valence-electron chi connectivity index (χ3n) is 3.96. The number of nitriles is 1. The molecule has 0 spiro atoms. The van der Waals surface area contributed by atoms with Crippen LogP contribution in [0.1, 0.15) is 12.5 Å². The normalized spacial score (nSPS) is 16.4. The van der Waals surface area contributed by atoms with Gasteiger partial charge in [-0.3, -0.25) is 9.59 Å². The number of rotatable bonds is 2. The van der Waals surface area contributed by atoms with E-state index in [0.29, 0.717) is 21.8 Å². The quantitative estimate of drug-likeness (QED) is 0.605. The van der Waals surface area contributed by atoms with E-state index in [1.165, 1.54) is 0 Å². The molecule has 1 aliphatic rings. The summed E-state index contributed by atoms with van der Waals surface area (Å²) in [6.07, 6.45) is 1.61. The Morgan fingerprint density at radius 3 is 2.28 bits per heavy atom. The minimum atomic E-state index is -0.618. The van der Waals surface area contributed by atoms with Crippen molar-refractivity contribution in [1.29, 1.82) is 5.26 Å². The van der Waals surface area contributed by atoms with Gasteiger partial charge in [-0.25, -0.2) is 4.90 Å². The summed E-state index contributed by atoms with van der Waals surface area (Å²) in [5.41, 5.74) is 1.63. The van der Waals surface area contributed by atoms with E-state index < -0.39 is 11.8 Å². The number of halogens is 1. The van der Waals surface area contributed by atoms with Gasteiger partial charge in [0.15, 0.2) is 0 Å². The molecule has 0 unspecified atom stereocenters. The largest absolute Gasteiger partial charge is 0.276 e. The molecule has 2 amide bonds. The molecule has 0 saturated heterocycles. The van der Waals surface area contributed by atoms with Gasteiger partial charge in [0, 0.05) is 10.6 Å². The Labute approximate surface area is 150 Å². The van der Waals surface area contributed by atoms with Crippen molar-refractivity contribution < 1.29 is 9.59 Å². The molecule has 1 heterocycles. The summed E-state index contributed by atoms with van der Waals surface area (Å²) in [4.78, 5) is 26.6. The van der Waals surface area contributed by atoms with Gasteiger partial charge < -0.3 is 0 Å². The number of anilines is 1. The van der Waals surface area contributed by atoms with Gasteiger partial charge in [-0.2, -0.15) is 5.26 Å². The summed E-state index contributed by atoms with van der Waals surface area (Å²) in [5.74, 6) is -1.10. The Bertz CT molecular complexity index is 969. The first-order valence-corrected chi connectivity index (χ1v) is 7.94. The average molecular weight is 349 g/mol. The highest BCUT2D eigenvalue weighted by atomic mass is 35.5. The summed E-state index contributed by atoms with van der Waals surface area (Å²) in [6, 6.07) is 17.5. The molecule has 2 aromatic carbocycles. The predicted molar refractivity (Wildman–Crippen MR) is 96.7 cm³/mol. The summed E-state index contributed by atoms with van der Waals surface area (Å²) >= 11 is 6.17. The van der Waals surface area contributed by atoms with Gasteiger partial charge in [-0.15, -0.1) is 0 Å². The van der Waals surface area contributed by atoms with Crippen LogP contribution in [-0.2, 0) is 9.59 Å². The molecule has 2 aromatic rings. The topological polar surface area (TPSA) is 61.2 Å². The highest BCUT2D eigenvalue weighted by Crippen LogP contribution is 2.31. The summed E-state index contributed by atoms with van der Waals surface area (Å²) in [6.45, 7) is 1.60. The minimum Gasteiger partial charge on any atom is -0.268 e. The van der Waals surface area contributed by atoms with Crippen molar-refractivity contribution in [3.8, 4) is 6.07 Å². The molecule has 4 nitrogen and oxygen atoms in total. The van der Waals surface area contributed by atoms with E-state index in [-0.39, 0.29) is 11.1 Å². The lowest BCUT2D eigenvalue weighted by Gasteiger charge is -2.27. The lowest BCUT2D eigenvalue weighted by molar-refractivity contribution is -0.122. The van der Waals surface area contributed by atoms with Gasteiger partial charge in [0.2, 0.25) is 0 Å². The molecule has 0 atom stereocenters. The van der Waals surface area contributed by atoms with Crippen molar-refractivity contribution in [3.05, 3.63) is 81.9 Å². The molecule has 122 valence electrons. The number of para-hydroxylation sites is 1.